The molecule has 1 aromatic heterocycles. The third kappa shape index (κ3) is 4.78. The minimum atomic E-state index is -4.75. The normalized spacial score (nSPS) is 11.2. The fourth-order valence-corrected chi connectivity index (χ4v) is 2.85. The molecule has 3 rings (SSSR count). The summed E-state index contributed by atoms with van der Waals surface area (Å²) in [4.78, 5) is 23.5. The average molecular weight is 423 g/mol. The first-order chi connectivity index (χ1) is 13.6. The molecule has 0 saturated carbocycles. The van der Waals surface area contributed by atoms with Crippen molar-refractivity contribution in [2.75, 3.05) is 10.6 Å². The summed E-state index contributed by atoms with van der Waals surface area (Å²) in [7, 11) is 0. The first-order valence-electron chi connectivity index (χ1n) is 8.30. The Labute approximate surface area is 168 Å². The van der Waals surface area contributed by atoms with E-state index in [0.717, 1.165) is 12.1 Å². The highest BCUT2D eigenvalue weighted by atomic mass is 35.5. The predicted molar refractivity (Wildman–Crippen MR) is 103 cm³/mol. The highest BCUT2D eigenvalue weighted by Gasteiger charge is 2.34. The average Bonchev–Trinajstić information content (AvgIpc) is 3.12. The Morgan fingerprint density at radius 3 is 2.38 bits per heavy atom. The number of carbonyl (C=O) groups excluding carboxylic acids is 2. The van der Waals surface area contributed by atoms with Gasteiger partial charge in [-0.2, -0.15) is 13.2 Å². The van der Waals surface area contributed by atoms with Crippen LogP contribution in [0.5, 0.6) is 0 Å². The van der Waals surface area contributed by atoms with Crippen molar-refractivity contribution >= 4 is 34.8 Å². The molecule has 0 bridgehead atoms. The molecule has 0 aliphatic heterocycles. The Bertz CT molecular complexity index is 1080. The standard InChI is InChI=1S/C20H14ClF3N2O3/c1-11(27)25-12-6-7-16(14(10-12)20(22,23)24)26-19(28)18-9-8-17(29-18)13-4-2-3-5-15(13)21/h2-10H,1H3,(H,25,27)(H,26,28). The summed E-state index contributed by atoms with van der Waals surface area (Å²) >= 11 is 6.08. The van der Waals surface area contributed by atoms with Crippen molar-refractivity contribution in [3.63, 3.8) is 0 Å². The van der Waals surface area contributed by atoms with E-state index >= 15 is 0 Å². The number of anilines is 2. The monoisotopic (exact) mass is 422 g/mol. The number of halogens is 4. The lowest BCUT2D eigenvalue weighted by Crippen LogP contribution is -2.17. The van der Waals surface area contributed by atoms with Crippen LogP contribution in [0.4, 0.5) is 24.5 Å². The number of hydrogen-bond donors (Lipinski definition) is 2. The van der Waals surface area contributed by atoms with Crippen LogP contribution in [0, 0.1) is 0 Å². The van der Waals surface area contributed by atoms with Crippen LogP contribution < -0.4 is 10.6 Å². The highest BCUT2D eigenvalue weighted by Crippen LogP contribution is 2.37. The summed E-state index contributed by atoms with van der Waals surface area (Å²) in [6.07, 6.45) is -4.75. The Hall–Kier alpha value is -3.26. The molecular formula is C20H14ClF3N2O3. The Morgan fingerprint density at radius 1 is 1.00 bits per heavy atom. The summed E-state index contributed by atoms with van der Waals surface area (Å²) < 4.78 is 45.6. The number of benzene rings is 2. The predicted octanol–water partition coefficient (Wildman–Crippen LogP) is 5.83. The topological polar surface area (TPSA) is 71.3 Å². The first-order valence-corrected chi connectivity index (χ1v) is 8.68. The lowest BCUT2D eigenvalue weighted by molar-refractivity contribution is -0.137. The quantitative estimate of drug-likeness (QED) is 0.555. The van der Waals surface area contributed by atoms with Crippen molar-refractivity contribution in [1.82, 2.24) is 0 Å². The Kier molecular flexibility index (Phi) is 5.65. The summed E-state index contributed by atoms with van der Waals surface area (Å²) in [5.41, 5.74) is -1.06. The van der Waals surface area contributed by atoms with Gasteiger partial charge in [0.2, 0.25) is 5.91 Å². The number of hydrogen-bond acceptors (Lipinski definition) is 3. The number of carbonyl (C=O) groups is 2. The SMILES string of the molecule is CC(=O)Nc1ccc(NC(=O)c2ccc(-c3ccccc3Cl)o2)c(C(F)(F)F)c1. The maximum atomic E-state index is 13.4. The van der Waals surface area contributed by atoms with E-state index in [4.69, 9.17) is 16.0 Å². The van der Waals surface area contributed by atoms with Crippen LogP contribution >= 0.6 is 11.6 Å². The van der Waals surface area contributed by atoms with Gasteiger partial charge in [0.05, 0.1) is 16.3 Å². The lowest BCUT2D eigenvalue weighted by atomic mass is 10.1. The number of nitrogens with one attached hydrogen (secondary N) is 2. The van der Waals surface area contributed by atoms with E-state index in [2.05, 4.69) is 10.6 Å². The molecule has 2 aromatic carbocycles. The Morgan fingerprint density at radius 2 is 1.72 bits per heavy atom. The molecule has 0 fully saturated rings. The highest BCUT2D eigenvalue weighted by molar-refractivity contribution is 6.33. The molecule has 2 amide bonds. The molecule has 0 spiro atoms. The largest absolute Gasteiger partial charge is 0.451 e. The van der Waals surface area contributed by atoms with Crippen LogP contribution in [-0.2, 0) is 11.0 Å². The summed E-state index contributed by atoms with van der Waals surface area (Å²) in [6, 6.07) is 12.7. The van der Waals surface area contributed by atoms with Gasteiger partial charge < -0.3 is 15.1 Å². The van der Waals surface area contributed by atoms with Gasteiger partial charge in [-0.1, -0.05) is 23.7 Å². The van der Waals surface area contributed by atoms with Gasteiger partial charge in [-0.05, 0) is 42.5 Å². The van der Waals surface area contributed by atoms with Crippen LogP contribution in [0.1, 0.15) is 23.0 Å². The van der Waals surface area contributed by atoms with Crippen molar-refractivity contribution in [2.45, 2.75) is 13.1 Å². The number of alkyl halides is 3. The first kappa shape index (κ1) is 20.5. The lowest BCUT2D eigenvalue weighted by Gasteiger charge is -2.15. The minimum Gasteiger partial charge on any atom is -0.451 e. The van der Waals surface area contributed by atoms with Gasteiger partial charge in [0, 0.05) is 18.2 Å². The minimum absolute atomic E-state index is 0.0400. The molecule has 2 N–H and O–H groups in total. The zero-order valence-electron chi connectivity index (χ0n) is 14.9. The van der Waals surface area contributed by atoms with Gasteiger partial charge in [0.15, 0.2) is 5.76 Å². The zero-order valence-corrected chi connectivity index (χ0v) is 15.7. The Balaban J connectivity index is 1.87. The van der Waals surface area contributed by atoms with E-state index in [1.807, 2.05) is 0 Å². The van der Waals surface area contributed by atoms with E-state index in [0.29, 0.717) is 16.3 Å². The van der Waals surface area contributed by atoms with Crippen LogP contribution in [0.15, 0.2) is 59.0 Å². The van der Waals surface area contributed by atoms with Crippen molar-refractivity contribution < 1.29 is 27.2 Å². The third-order valence-corrected chi connectivity index (χ3v) is 4.19. The fraction of sp³-hybridized carbons (Fsp3) is 0.100. The van der Waals surface area contributed by atoms with Gasteiger partial charge in [-0.25, -0.2) is 0 Å². The van der Waals surface area contributed by atoms with Gasteiger partial charge >= 0.3 is 6.18 Å². The van der Waals surface area contributed by atoms with Gasteiger partial charge in [-0.15, -0.1) is 0 Å². The second-order valence-electron chi connectivity index (χ2n) is 6.04. The van der Waals surface area contributed by atoms with Crippen LogP contribution in [-0.4, -0.2) is 11.8 Å². The summed E-state index contributed by atoms with van der Waals surface area (Å²) in [5.74, 6) is -1.25. The molecular weight excluding hydrogens is 409 g/mol. The summed E-state index contributed by atoms with van der Waals surface area (Å²) in [5, 5.41) is 4.87. The number of amides is 2. The molecule has 9 heteroatoms. The molecule has 29 heavy (non-hydrogen) atoms. The van der Waals surface area contributed by atoms with Crippen LogP contribution in [0.25, 0.3) is 11.3 Å². The smallest absolute Gasteiger partial charge is 0.418 e. The second kappa shape index (κ2) is 8.00. The third-order valence-electron chi connectivity index (χ3n) is 3.86. The van der Waals surface area contributed by atoms with Crippen molar-refractivity contribution in [3.05, 3.63) is 70.9 Å². The van der Waals surface area contributed by atoms with Crippen molar-refractivity contribution in [1.29, 1.82) is 0 Å². The van der Waals surface area contributed by atoms with Crippen molar-refractivity contribution in [3.8, 4) is 11.3 Å². The van der Waals surface area contributed by atoms with E-state index in [9.17, 15) is 22.8 Å². The molecule has 1 heterocycles. The molecule has 3 aromatic rings. The van der Waals surface area contributed by atoms with Gasteiger partial charge in [0.25, 0.3) is 5.91 Å². The van der Waals surface area contributed by atoms with Gasteiger partial charge in [-0.3, -0.25) is 9.59 Å². The number of rotatable bonds is 4. The van der Waals surface area contributed by atoms with E-state index < -0.39 is 29.2 Å². The number of furan rings is 1. The van der Waals surface area contributed by atoms with E-state index in [-0.39, 0.29) is 11.4 Å². The second-order valence-corrected chi connectivity index (χ2v) is 6.44. The van der Waals surface area contributed by atoms with Crippen LogP contribution in [0.3, 0.4) is 0 Å². The van der Waals surface area contributed by atoms with Crippen molar-refractivity contribution in [2.24, 2.45) is 0 Å². The summed E-state index contributed by atoms with van der Waals surface area (Å²) in [6.45, 7) is 1.18. The molecule has 0 aliphatic carbocycles. The molecule has 5 nitrogen and oxygen atoms in total. The molecule has 0 unspecified atom stereocenters. The maximum Gasteiger partial charge on any atom is 0.418 e. The van der Waals surface area contributed by atoms with E-state index in [1.54, 1.807) is 24.3 Å². The van der Waals surface area contributed by atoms with Gasteiger partial charge in [0.1, 0.15) is 5.76 Å². The van der Waals surface area contributed by atoms with Crippen LogP contribution in [0.2, 0.25) is 5.02 Å². The molecule has 150 valence electrons. The molecule has 0 aliphatic rings. The fourth-order valence-electron chi connectivity index (χ4n) is 2.62. The molecule has 0 radical (unpaired) electrons. The zero-order chi connectivity index (χ0) is 21.2. The maximum absolute atomic E-state index is 13.4. The molecule has 0 atom stereocenters. The molecule has 0 saturated heterocycles. The van der Waals surface area contributed by atoms with E-state index in [1.165, 1.54) is 25.1 Å².